The van der Waals surface area contributed by atoms with Crippen LogP contribution in [0, 0.1) is 0 Å². The summed E-state index contributed by atoms with van der Waals surface area (Å²) in [5, 5.41) is 14.1. The van der Waals surface area contributed by atoms with Crippen LogP contribution in [0.15, 0.2) is 24.3 Å². The zero-order chi connectivity index (χ0) is 15.0. The van der Waals surface area contributed by atoms with Crippen LogP contribution >= 0.6 is 0 Å². The summed E-state index contributed by atoms with van der Waals surface area (Å²) in [5.74, 6) is -1.35. The number of hydrogen-bond donors (Lipinski definition) is 3. The number of carbonyl (C=O) groups is 2. The third kappa shape index (κ3) is 4.66. The van der Waals surface area contributed by atoms with Crippen molar-refractivity contribution in [3.63, 3.8) is 0 Å². The van der Waals surface area contributed by atoms with Crippen molar-refractivity contribution in [1.29, 1.82) is 0 Å². The van der Waals surface area contributed by atoms with E-state index < -0.39 is 11.8 Å². The molecule has 0 saturated heterocycles. The molecular weight excluding hydrogens is 256 g/mol. The fraction of sp³-hybridized carbons (Fsp3) is 0.467. The number of anilines is 1. The molecule has 20 heavy (non-hydrogen) atoms. The Bertz CT molecular complexity index is 460. The van der Waals surface area contributed by atoms with Gasteiger partial charge in [-0.25, -0.2) is 0 Å². The fourth-order valence-electron chi connectivity index (χ4n) is 1.91. The number of aliphatic hydroxyl groups is 1. The molecule has 3 N–H and O–H groups in total. The lowest BCUT2D eigenvalue weighted by Crippen LogP contribution is -2.42. The highest BCUT2D eigenvalue weighted by atomic mass is 16.3. The van der Waals surface area contributed by atoms with Crippen molar-refractivity contribution >= 4 is 17.5 Å². The maximum Gasteiger partial charge on any atom is 0.313 e. The Morgan fingerprint density at radius 1 is 1.20 bits per heavy atom. The van der Waals surface area contributed by atoms with Gasteiger partial charge in [0.25, 0.3) is 0 Å². The third-order valence-corrected chi connectivity index (χ3v) is 3.16. The molecule has 0 aliphatic heterocycles. The van der Waals surface area contributed by atoms with Crippen LogP contribution in [0.4, 0.5) is 5.69 Å². The SMILES string of the molecule is CCc1ccccc1NC(=O)C(=O)NC(CC)CCO. The Morgan fingerprint density at radius 3 is 2.50 bits per heavy atom. The maximum absolute atomic E-state index is 11.9. The topological polar surface area (TPSA) is 78.4 Å². The summed E-state index contributed by atoms with van der Waals surface area (Å²) < 4.78 is 0. The van der Waals surface area contributed by atoms with E-state index in [0.29, 0.717) is 18.5 Å². The molecule has 110 valence electrons. The predicted octanol–water partition coefficient (Wildman–Crippen LogP) is 1.46. The molecule has 5 heteroatoms. The first-order valence-corrected chi connectivity index (χ1v) is 6.92. The second-order valence-electron chi connectivity index (χ2n) is 4.56. The molecule has 0 spiro atoms. The number of aliphatic hydroxyl groups excluding tert-OH is 1. The number of aryl methyl sites for hydroxylation is 1. The number of nitrogens with one attached hydrogen (secondary N) is 2. The van der Waals surface area contributed by atoms with Gasteiger partial charge in [0.1, 0.15) is 0 Å². The molecule has 1 rings (SSSR count). The van der Waals surface area contributed by atoms with E-state index >= 15 is 0 Å². The van der Waals surface area contributed by atoms with E-state index in [4.69, 9.17) is 5.11 Å². The van der Waals surface area contributed by atoms with Crippen LogP contribution < -0.4 is 10.6 Å². The number of benzene rings is 1. The summed E-state index contributed by atoms with van der Waals surface area (Å²) in [5.41, 5.74) is 1.64. The highest BCUT2D eigenvalue weighted by Crippen LogP contribution is 2.15. The largest absolute Gasteiger partial charge is 0.396 e. The molecule has 0 heterocycles. The van der Waals surface area contributed by atoms with Gasteiger partial charge in [-0.1, -0.05) is 32.0 Å². The lowest BCUT2D eigenvalue weighted by molar-refractivity contribution is -0.136. The molecule has 2 amide bonds. The maximum atomic E-state index is 11.9. The summed E-state index contributed by atoms with van der Waals surface area (Å²) in [6, 6.07) is 7.21. The minimum Gasteiger partial charge on any atom is -0.396 e. The van der Waals surface area contributed by atoms with Crippen LogP contribution in [-0.2, 0) is 16.0 Å². The molecule has 0 bridgehead atoms. The average molecular weight is 278 g/mol. The van der Waals surface area contributed by atoms with Crippen molar-refractivity contribution in [3.05, 3.63) is 29.8 Å². The summed E-state index contributed by atoms with van der Waals surface area (Å²) >= 11 is 0. The number of rotatable bonds is 6. The Hall–Kier alpha value is -1.88. The Labute approximate surface area is 119 Å². The summed E-state index contributed by atoms with van der Waals surface area (Å²) in [6.07, 6.45) is 1.90. The van der Waals surface area contributed by atoms with Gasteiger partial charge in [0.05, 0.1) is 0 Å². The monoisotopic (exact) mass is 278 g/mol. The second kappa shape index (κ2) is 8.32. The highest BCUT2D eigenvalue weighted by Gasteiger charge is 2.18. The van der Waals surface area contributed by atoms with E-state index in [-0.39, 0.29) is 12.6 Å². The van der Waals surface area contributed by atoms with Crippen molar-refractivity contribution in [3.8, 4) is 0 Å². The quantitative estimate of drug-likeness (QED) is 0.689. The Kier molecular flexibility index (Phi) is 6.73. The van der Waals surface area contributed by atoms with E-state index in [1.54, 1.807) is 6.07 Å². The summed E-state index contributed by atoms with van der Waals surface area (Å²) in [4.78, 5) is 23.6. The fourth-order valence-corrected chi connectivity index (χ4v) is 1.91. The normalized spacial score (nSPS) is 11.8. The van der Waals surface area contributed by atoms with Crippen molar-refractivity contribution in [2.24, 2.45) is 0 Å². The van der Waals surface area contributed by atoms with E-state index in [1.807, 2.05) is 32.0 Å². The van der Waals surface area contributed by atoms with Gasteiger partial charge in [0, 0.05) is 18.3 Å². The van der Waals surface area contributed by atoms with Crippen LogP contribution in [0.1, 0.15) is 32.3 Å². The van der Waals surface area contributed by atoms with Crippen molar-refractivity contribution in [2.75, 3.05) is 11.9 Å². The highest BCUT2D eigenvalue weighted by molar-refractivity contribution is 6.39. The van der Waals surface area contributed by atoms with Crippen molar-refractivity contribution in [2.45, 2.75) is 39.2 Å². The van der Waals surface area contributed by atoms with Crippen LogP contribution in [0.25, 0.3) is 0 Å². The molecule has 0 saturated carbocycles. The second-order valence-corrected chi connectivity index (χ2v) is 4.56. The Balaban J connectivity index is 2.63. The molecule has 5 nitrogen and oxygen atoms in total. The van der Waals surface area contributed by atoms with Crippen LogP contribution in [0.3, 0.4) is 0 Å². The van der Waals surface area contributed by atoms with Gasteiger partial charge >= 0.3 is 11.8 Å². The zero-order valence-corrected chi connectivity index (χ0v) is 12.0. The number of hydrogen-bond acceptors (Lipinski definition) is 3. The number of para-hydroxylation sites is 1. The first-order valence-electron chi connectivity index (χ1n) is 6.92. The molecule has 1 atom stereocenters. The molecule has 0 fully saturated rings. The van der Waals surface area contributed by atoms with Gasteiger partial charge in [0.15, 0.2) is 0 Å². The average Bonchev–Trinajstić information content (AvgIpc) is 2.47. The van der Waals surface area contributed by atoms with E-state index in [9.17, 15) is 9.59 Å². The number of amides is 2. The molecule has 0 aliphatic rings. The smallest absolute Gasteiger partial charge is 0.313 e. The van der Waals surface area contributed by atoms with Gasteiger partial charge in [-0.15, -0.1) is 0 Å². The van der Waals surface area contributed by atoms with Crippen LogP contribution in [0.5, 0.6) is 0 Å². The summed E-state index contributed by atoms with van der Waals surface area (Å²) in [6.45, 7) is 3.86. The van der Waals surface area contributed by atoms with Gasteiger partial charge < -0.3 is 15.7 Å². The standard InChI is InChI=1S/C15H22N2O3/c1-3-11-7-5-6-8-13(11)17-15(20)14(19)16-12(4-2)9-10-18/h5-8,12,18H,3-4,9-10H2,1-2H3,(H,16,19)(H,17,20). The van der Waals surface area contributed by atoms with E-state index in [2.05, 4.69) is 10.6 Å². The van der Waals surface area contributed by atoms with E-state index in [1.165, 1.54) is 0 Å². The van der Waals surface area contributed by atoms with E-state index in [0.717, 1.165) is 12.0 Å². The first kappa shape index (κ1) is 16.2. The molecular formula is C15H22N2O3. The first-order chi connectivity index (χ1) is 9.62. The Morgan fingerprint density at radius 2 is 1.90 bits per heavy atom. The molecule has 0 radical (unpaired) electrons. The minimum atomic E-state index is -0.678. The van der Waals surface area contributed by atoms with Crippen molar-refractivity contribution < 1.29 is 14.7 Å². The zero-order valence-electron chi connectivity index (χ0n) is 12.0. The molecule has 0 aromatic heterocycles. The third-order valence-electron chi connectivity index (χ3n) is 3.16. The van der Waals surface area contributed by atoms with Gasteiger partial charge in [-0.05, 0) is 30.9 Å². The predicted molar refractivity (Wildman–Crippen MR) is 78.4 cm³/mol. The molecule has 1 aromatic rings. The lowest BCUT2D eigenvalue weighted by Gasteiger charge is -2.15. The molecule has 0 aliphatic carbocycles. The van der Waals surface area contributed by atoms with Gasteiger partial charge in [0.2, 0.25) is 0 Å². The molecule has 1 unspecified atom stereocenters. The number of carbonyl (C=O) groups excluding carboxylic acids is 2. The lowest BCUT2D eigenvalue weighted by atomic mass is 10.1. The van der Waals surface area contributed by atoms with Gasteiger partial charge in [-0.3, -0.25) is 9.59 Å². The van der Waals surface area contributed by atoms with Gasteiger partial charge in [-0.2, -0.15) is 0 Å². The molecule has 1 aromatic carbocycles. The summed E-state index contributed by atoms with van der Waals surface area (Å²) in [7, 11) is 0. The minimum absolute atomic E-state index is 0.0148. The van der Waals surface area contributed by atoms with Crippen LogP contribution in [-0.4, -0.2) is 29.6 Å². The van der Waals surface area contributed by atoms with Crippen molar-refractivity contribution in [1.82, 2.24) is 5.32 Å². The van der Waals surface area contributed by atoms with Crippen LogP contribution in [0.2, 0.25) is 0 Å².